The van der Waals surface area contributed by atoms with Crippen molar-refractivity contribution in [3.63, 3.8) is 0 Å². The Kier molecular flexibility index (Phi) is 6.93. The summed E-state index contributed by atoms with van der Waals surface area (Å²) in [4.78, 5) is 42.2. The van der Waals surface area contributed by atoms with Crippen molar-refractivity contribution in [2.75, 3.05) is 18.0 Å². The van der Waals surface area contributed by atoms with Gasteiger partial charge in [0.2, 0.25) is 15.9 Å². The Balaban J connectivity index is 1.67. The number of aromatic carboxylic acids is 1. The third-order valence-corrected chi connectivity index (χ3v) is 6.65. The predicted molar refractivity (Wildman–Crippen MR) is 118 cm³/mol. The fraction of sp³-hybridized carbons (Fsp3) is 0.364. The molecule has 9 nitrogen and oxygen atoms in total. The number of hydrogen-bond donors (Lipinski definition) is 2. The van der Waals surface area contributed by atoms with Gasteiger partial charge in [0, 0.05) is 19.0 Å². The van der Waals surface area contributed by atoms with Crippen LogP contribution in [-0.2, 0) is 20.6 Å². The smallest absolute Gasteiger partial charge is 0.337 e. The van der Waals surface area contributed by atoms with Gasteiger partial charge in [0.15, 0.2) is 5.78 Å². The summed E-state index contributed by atoms with van der Waals surface area (Å²) in [6, 6.07) is 9.94. The quantitative estimate of drug-likeness (QED) is 0.602. The van der Waals surface area contributed by atoms with E-state index in [1.807, 2.05) is 4.90 Å². The highest BCUT2D eigenvalue weighted by Crippen LogP contribution is 2.27. The van der Waals surface area contributed by atoms with Gasteiger partial charge in [-0.1, -0.05) is 30.3 Å². The molecular weight excluding hydrogens is 434 g/mol. The number of sulfonamides is 1. The van der Waals surface area contributed by atoms with Gasteiger partial charge in [0.05, 0.1) is 22.6 Å². The minimum Gasteiger partial charge on any atom is -0.478 e. The van der Waals surface area contributed by atoms with Crippen LogP contribution in [0.2, 0.25) is 0 Å². The number of amides is 1. The van der Waals surface area contributed by atoms with Crippen LogP contribution in [0.25, 0.3) is 0 Å². The summed E-state index contributed by atoms with van der Waals surface area (Å²) in [7, 11) is -3.81. The summed E-state index contributed by atoms with van der Waals surface area (Å²) < 4.78 is 26.9. The van der Waals surface area contributed by atoms with Crippen LogP contribution in [-0.4, -0.2) is 49.3 Å². The first-order valence-electron chi connectivity index (χ1n) is 10.2. The van der Waals surface area contributed by atoms with E-state index in [-0.39, 0.29) is 22.7 Å². The van der Waals surface area contributed by atoms with Gasteiger partial charge < -0.3 is 10.0 Å². The van der Waals surface area contributed by atoms with Crippen molar-refractivity contribution >= 4 is 33.5 Å². The van der Waals surface area contributed by atoms with Crippen molar-refractivity contribution in [3.05, 3.63) is 58.8 Å². The van der Waals surface area contributed by atoms with Crippen LogP contribution in [0.5, 0.6) is 0 Å². The molecule has 0 aliphatic carbocycles. The normalized spacial score (nSPS) is 14.8. The number of carboxylic acids is 1. The zero-order valence-electron chi connectivity index (χ0n) is 17.9. The molecule has 0 unspecified atom stereocenters. The van der Waals surface area contributed by atoms with Crippen molar-refractivity contribution in [2.45, 2.75) is 32.4 Å². The second-order valence-electron chi connectivity index (χ2n) is 7.83. The molecule has 1 aromatic carbocycles. The molecule has 0 saturated carbocycles. The number of carbonyl (C=O) groups excluding carboxylic acids is 2. The topological polar surface area (TPSA) is 134 Å². The Bertz CT molecular complexity index is 1140. The van der Waals surface area contributed by atoms with E-state index in [9.17, 15) is 27.9 Å². The van der Waals surface area contributed by atoms with Gasteiger partial charge in [0.1, 0.15) is 5.82 Å². The number of pyridine rings is 1. The van der Waals surface area contributed by atoms with Crippen molar-refractivity contribution < 1.29 is 27.9 Å². The molecule has 1 aliphatic heterocycles. The number of carbonyl (C=O) groups is 3. The fourth-order valence-electron chi connectivity index (χ4n) is 3.73. The van der Waals surface area contributed by atoms with Crippen LogP contribution < -0.4 is 9.62 Å². The fourth-order valence-corrected chi connectivity index (χ4v) is 4.91. The molecule has 170 valence electrons. The first-order valence-corrected chi connectivity index (χ1v) is 11.8. The zero-order valence-corrected chi connectivity index (χ0v) is 18.7. The molecule has 2 aromatic rings. The molecule has 10 heteroatoms. The largest absolute Gasteiger partial charge is 0.478 e. The summed E-state index contributed by atoms with van der Waals surface area (Å²) in [6.07, 6.45) is 0.761. The maximum Gasteiger partial charge on any atom is 0.337 e. The Morgan fingerprint density at radius 2 is 1.75 bits per heavy atom. The molecule has 1 saturated heterocycles. The standard InChI is InChI=1S/C22H25N3O6S/c1-14-18(22(28)29)12-19(15(2)26)20(23-14)25-10-8-17(9-11-25)21(27)24-32(30,31)13-16-6-4-3-5-7-16/h3-7,12,17H,8-11,13H2,1-2H3,(H,24,27)(H,28,29). The van der Waals surface area contributed by atoms with Crippen LogP contribution in [0.1, 0.15) is 51.7 Å². The monoisotopic (exact) mass is 459 g/mol. The first-order chi connectivity index (χ1) is 15.1. The Morgan fingerprint density at radius 1 is 1.12 bits per heavy atom. The van der Waals surface area contributed by atoms with E-state index in [0.717, 1.165) is 0 Å². The molecule has 32 heavy (non-hydrogen) atoms. The van der Waals surface area contributed by atoms with Gasteiger partial charge in [-0.05, 0) is 38.3 Å². The summed E-state index contributed by atoms with van der Waals surface area (Å²) in [6.45, 7) is 3.68. The van der Waals surface area contributed by atoms with Crippen molar-refractivity contribution in [1.29, 1.82) is 0 Å². The summed E-state index contributed by atoms with van der Waals surface area (Å²) in [5.74, 6) is -2.39. The van der Waals surface area contributed by atoms with Crippen molar-refractivity contribution in [3.8, 4) is 0 Å². The van der Waals surface area contributed by atoms with Gasteiger partial charge in [-0.3, -0.25) is 14.3 Å². The van der Waals surface area contributed by atoms with Crippen LogP contribution >= 0.6 is 0 Å². The third-order valence-electron chi connectivity index (χ3n) is 5.42. The summed E-state index contributed by atoms with van der Waals surface area (Å²) in [5.41, 5.74) is 1.06. The van der Waals surface area contributed by atoms with E-state index >= 15 is 0 Å². The maximum absolute atomic E-state index is 12.6. The molecule has 0 bridgehead atoms. The predicted octanol–water partition coefficient (Wildman–Crippen LogP) is 2.15. The number of aryl methyl sites for hydroxylation is 1. The molecule has 0 spiro atoms. The number of hydrogen-bond acceptors (Lipinski definition) is 7. The van der Waals surface area contributed by atoms with Crippen molar-refractivity contribution in [2.24, 2.45) is 5.92 Å². The lowest BCUT2D eigenvalue weighted by Crippen LogP contribution is -2.43. The number of rotatable bonds is 7. The number of aromatic nitrogens is 1. The number of ketones is 1. The van der Waals surface area contributed by atoms with Gasteiger partial charge in [-0.25, -0.2) is 18.2 Å². The first kappa shape index (κ1) is 23.4. The number of benzene rings is 1. The van der Waals surface area contributed by atoms with E-state index in [1.165, 1.54) is 13.0 Å². The van der Waals surface area contributed by atoms with E-state index in [4.69, 9.17) is 0 Å². The number of Topliss-reactive ketones (excluding diaryl/α,β-unsaturated/α-hetero) is 1. The van der Waals surface area contributed by atoms with Crippen LogP contribution in [0, 0.1) is 12.8 Å². The molecule has 3 rings (SSSR count). The molecule has 0 atom stereocenters. The lowest BCUT2D eigenvalue weighted by atomic mass is 9.95. The van der Waals surface area contributed by atoms with E-state index < -0.39 is 27.8 Å². The second-order valence-corrected chi connectivity index (χ2v) is 9.55. The van der Waals surface area contributed by atoms with Gasteiger partial charge in [-0.2, -0.15) is 0 Å². The maximum atomic E-state index is 12.6. The van der Waals surface area contributed by atoms with Gasteiger partial charge in [-0.15, -0.1) is 0 Å². The Morgan fingerprint density at radius 3 is 2.31 bits per heavy atom. The highest BCUT2D eigenvalue weighted by Gasteiger charge is 2.30. The van der Waals surface area contributed by atoms with E-state index in [0.29, 0.717) is 43.0 Å². The highest BCUT2D eigenvalue weighted by atomic mass is 32.2. The molecule has 1 aliphatic rings. The average Bonchev–Trinajstić information content (AvgIpc) is 2.73. The molecule has 2 N–H and O–H groups in total. The molecular formula is C22H25N3O6S. The number of nitrogens with one attached hydrogen (secondary N) is 1. The van der Waals surface area contributed by atoms with Crippen LogP contribution in [0.4, 0.5) is 5.82 Å². The molecule has 1 aromatic heterocycles. The SMILES string of the molecule is CC(=O)c1cc(C(=O)O)c(C)nc1N1CCC(C(=O)NS(=O)(=O)Cc2ccccc2)CC1. The number of carboxylic acid groups (broad SMARTS) is 1. The molecule has 1 fully saturated rings. The van der Waals surface area contributed by atoms with Crippen LogP contribution in [0.3, 0.4) is 0 Å². The Labute approximate surface area is 186 Å². The molecule has 0 radical (unpaired) electrons. The third kappa shape index (κ3) is 5.50. The lowest BCUT2D eigenvalue weighted by molar-refractivity contribution is -0.123. The van der Waals surface area contributed by atoms with Gasteiger partial charge >= 0.3 is 5.97 Å². The summed E-state index contributed by atoms with van der Waals surface area (Å²) in [5, 5.41) is 9.30. The number of nitrogens with zero attached hydrogens (tertiary/aromatic N) is 2. The Hall–Kier alpha value is -3.27. The minimum absolute atomic E-state index is 0.0307. The summed E-state index contributed by atoms with van der Waals surface area (Å²) >= 11 is 0. The average molecular weight is 460 g/mol. The van der Waals surface area contributed by atoms with E-state index in [1.54, 1.807) is 37.3 Å². The molecule has 2 heterocycles. The zero-order chi connectivity index (χ0) is 23.5. The van der Waals surface area contributed by atoms with Gasteiger partial charge in [0.25, 0.3) is 0 Å². The van der Waals surface area contributed by atoms with Crippen molar-refractivity contribution in [1.82, 2.24) is 9.71 Å². The second kappa shape index (κ2) is 9.47. The number of piperidine rings is 1. The minimum atomic E-state index is -3.81. The number of anilines is 1. The van der Waals surface area contributed by atoms with E-state index in [2.05, 4.69) is 9.71 Å². The lowest BCUT2D eigenvalue weighted by Gasteiger charge is -2.33. The highest BCUT2D eigenvalue weighted by molar-refractivity contribution is 7.89. The molecule has 1 amide bonds. The van der Waals surface area contributed by atoms with Crippen LogP contribution in [0.15, 0.2) is 36.4 Å².